The molecule has 0 radical (unpaired) electrons. The van der Waals surface area contributed by atoms with E-state index in [0.29, 0.717) is 23.6 Å². The average molecular weight is 333 g/mol. The number of nitrogens with one attached hydrogen (secondary N) is 1. The van der Waals surface area contributed by atoms with Gasteiger partial charge >= 0.3 is 5.69 Å². The summed E-state index contributed by atoms with van der Waals surface area (Å²) in [6.07, 6.45) is 5.66. The maximum absolute atomic E-state index is 13.0. The van der Waals surface area contributed by atoms with Crippen LogP contribution in [-0.4, -0.2) is 25.2 Å². The highest BCUT2D eigenvalue weighted by atomic mass is 16.5. The van der Waals surface area contributed by atoms with Crippen molar-refractivity contribution in [1.29, 1.82) is 0 Å². The summed E-state index contributed by atoms with van der Waals surface area (Å²) in [7, 11) is 0. The fraction of sp³-hybridized carbons (Fsp3) is 0.688. The number of nitrogen functional groups attached to an aromatic ring is 1. The van der Waals surface area contributed by atoms with Crippen molar-refractivity contribution in [2.45, 2.75) is 64.3 Å². The number of aromatic nitrogens is 4. The zero-order valence-electron chi connectivity index (χ0n) is 13.8. The zero-order chi connectivity index (χ0) is 16.8. The number of nitrogens with zero attached hydrogens (tertiary/aromatic N) is 3. The van der Waals surface area contributed by atoms with Gasteiger partial charge in [-0.3, -0.25) is 14.3 Å². The average Bonchev–Trinajstić information content (AvgIpc) is 3.16. The van der Waals surface area contributed by atoms with Crippen molar-refractivity contribution in [2.75, 3.05) is 5.73 Å². The van der Waals surface area contributed by atoms with Crippen LogP contribution in [0.25, 0.3) is 11.2 Å². The Balaban J connectivity index is 1.84. The normalized spacial score (nSPS) is 24.0. The number of hydrogen-bond acceptors (Lipinski definition) is 5. The van der Waals surface area contributed by atoms with Crippen LogP contribution in [0.3, 0.4) is 0 Å². The van der Waals surface area contributed by atoms with Crippen molar-refractivity contribution < 1.29 is 4.74 Å². The monoisotopic (exact) mass is 333 g/mol. The fourth-order valence-corrected chi connectivity index (χ4v) is 3.60. The Morgan fingerprint density at radius 2 is 2.08 bits per heavy atom. The molecule has 3 N–H and O–H groups in total. The molecule has 2 aromatic rings. The van der Waals surface area contributed by atoms with Gasteiger partial charge in [0.05, 0.1) is 6.10 Å². The van der Waals surface area contributed by atoms with Gasteiger partial charge in [-0.15, -0.1) is 0 Å². The number of H-pyrrole nitrogens is 1. The van der Waals surface area contributed by atoms with E-state index >= 15 is 0 Å². The Hall–Kier alpha value is -2.09. The molecule has 0 amide bonds. The van der Waals surface area contributed by atoms with Gasteiger partial charge < -0.3 is 10.5 Å². The van der Waals surface area contributed by atoms with E-state index in [0.717, 1.165) is 38.5 Å². The van der Waals surface area contributed by atoms with E-state index in [9.17, 15) is 9.59 Å². The second-order valence-electron chi connectivity index (χ2n) is 6.91. The Morgan fingerprint density at radius 1 is 1.29 bits per heavy atom. The van der Waals surface area contributed by atoms with Gasteiger partial charge in [-0.05, 0) is 38.0 Å². The summed E-state index contributed by atoms with van der Waals surface area (Å²) in [5.74, 6) is 0.490. The van der Waals surface area contributed by atoms with E-state index < -0.39 is 0 Å². The summed E-state index contributed by atoms with van der Waals surface area (Å²) in [6.45, 7) is 2.67. The van der Waals surface area contributed by atoms with Gasteiger partial charge in [0.25, 0.3) is 5.56 Å². The molecule has 1 aliphatic heterocycles. The van der Waals surface area contributed by atoms with Crippen LogP contribution in [0.4, 0.5) is 5.95 Å². The molecule has 8 nitrogen and oxygen atoms in total. The zero-order valence-corrected chi connectivity index (χ0v) is 13.8. The molecule has 1 saturated heterocycles. The van der Waals surface area contributed by atoms with Gasteiger partial charge in [0.2, 0.25) is 5.95 Å². The number of ether oxygens (including phenoxy) is 1. The van der Waals surface area contributed by atoms with E-state index in [-0.39, 0.29) is 29.5 Å². The van der Waals surface area contributed by atoms with Gasteiger partial charge in [-0.25, -0.2) is 9.36 Å². The highest BCUT2D eigenvalue weighted by molar-refractivity contribution is 5.71. The number of anilines is 1. The van der Waals surface area contributed by atoms with Crippen LogP contribution in [0.2, 0.25) is 0 Å². The van der Waals surface area contributed by atoms with Crippen LogP contribution in [-0.2, 0) is 11.3 Å². The first-order valence-corrected chi connectivity index (χ1v) is 8.74. The summed E-state index contributed by atoms with van der Waals surface area (Å²) in [4.78, 5) is 32.1. The lowest BCUT2D eigenvalue weighted by atomic mass is 10.1. The van der Waals surface area contributed by atoms with Gasteiger partial charge in [0.15, 0.2) is 11.2 Å². The number of rotatable bonds is 5. The first-order valence-electron chi connectivity index (χ1n) is 8.74. The minimum atomic E-state index is -0.370. The van der Waals surface area contributed by atoms with Crippen LogP contribution in [0, 0.1) is 5.92 Å². The molecule has 8 heteroatoms. The number of aromatic amines is 1. The van der Waals surface area contributed by atoms with Crippen LogP contribution in [0.5, 0.6) is 0 Å². The molecular formula is C16H23N5O3. The Labute approximate surface area is 138 Å². The van der Waals surface area contributed by atoms with Crippen LogP contribution < -0.4 is 17.0 Å². The summed E-state index contributed by atoms with van der Waals surface area (Å²) >= 11 is 0. The van der Waals surface area contributed by atoms with Crippen molar-refractivity contribution in [3.63, 3.8) is 0 Å². The largest absolute Gasteiger partial charge is 0.369 e. The van der Waals surface area contributed by atoms with Crippen LogP contribution in [0.1, 0.15) is 51.7 Å². The Bertz CT molecular complexity index is 876. The molecule has 2 aliphatic rings. The SMILES string of the molecule is CCCC1CCC(n2c(=O)n(CC3CC3)c3c(=O)[nH]c(N)nc32)O1. The smallest absolute Gasteiger partial charge is 0.332 e. The second kappa shape index (κ2) is 5.77. The molecule has 24 heavy (non-hydrogen) atoms. The molecule has 2 fully saturated rings. The minimum absolute atomic E-state index is 0.0212. The number of hydrogen-bond donors (Lipinski definition) is 2. The standard InChI is InChI=1S/C16H23N5O3/c1-2-3-10-6-7-11(24-10)21-13-12(14(22)19-15(17)18-13)20(16(21)23)8-9-4-5-9/h9-11H,2-8H2,1H3,(H3,17,18,19,22). The van der Waals surface area contributed by atoms with Crippen molar-refractivity contribution in [2.24, 2.45) is 5.92 Å². The van der Waals surface area contributed by atoms with E-state index in [1.807, 2.05) is 0 Å². The highest BCUT2D eigenvalue weighted by Gasteiger charge is 2.32. The number of imidazole rings is 1. The predicted molar refractivity (Wildman–Crippen MR) is 89.8 cm³/mol. The topological polar surface area (TPSA) is 108 Å². The molecule has 4 rings (SSSR count). The molecule has 2 unspecified atom stereocenters. The number of nitrogens with two attached hydrogens (primary N) is 1. The summed E-state index contributed by atoms with van der Waals surface area (Å²) in [5.41, 5.74) is 5.77. The summed E-state index contributed by atoms with van der Waals surface area (Å²) in [6, 6.07) is 0. The first-order chi connectivity index (χ1) is 11.6. The fourth-order valence-electron chi connectivity index (χ4n) is 3.60. The third-order valence-electron chi connectivity index (χ3n) is 4.95. The van der Waals surface area contributed by atoms with Crippen molar-refractivity contribution in [3.05, 3.63) is 20.8 Å². The molecule has 130 valence electrons. The molecule has 0 aromatic carbocycles. The molecule has 1 aliphatic carbocycles. The molecule has 3 heterocycles. The van der Waals surface area contributed by atoms with Crippen molar-refractivity contribution in [3.8, 4) is 0 Å². The lowest BCUT2D eigenvalue weighted by molar-refractivity contribution is -0.00168. The first kappa shape index (κ1) is 15.4. The van der Waals surface area contributed by atoms with Gasteiger partial charge in [0, 0.05) is 6.54 Å². The second-order valence-corrected chi connectivity index (χ2v) is 6.91. The minimum Gasteiger partial charge on any atom is -0.369 e. The van der Waals surface area contributed by atoms with E-state index in [4.69, 9.17) is 10.5 Å². The lowest BCUT2D eigenvalue weighted by Crippen LogP contribution is -2.28. The predicted octanol–water partition coefficient (Wildman–Crippen LogP) is 1.36. The number of fused-ring (bicyclic) bond motifs is 1. The van der Waals surface area contributed by atoms with Gasteiger partial charge in [0.1, 0.15) is 6.23 Å². The quantitative estimate of drug-likeness (QED) is 0.859. The molecule has 1 saturated carbocycles. The maximum Gasteiger partial charge on any atom is 0.332 e. The maximum atomic E-state index is 13.0. The third-order valence-corrected chi connectivity index (χ3v) is 4.95. The highest BCUT2D eigenvalue weighted by Crippen LogP contribution is 2.33. The van der Waals surface area contributed by atoms with E-state index in [2.05, 4.69) is 16.9 Å². The molecule has 2 atom stereocenters. The Kier molecular flexibility index (Phi) is 3.71. The van der Waals surface area contributed by atoms with Crippen molar-refractivity contribution >= 4 is 17.1 Å². The Morgan fingerprint density at radius 3 is 2.79 bits per heavy atom. The third kappa shape index (κ3) is 2.54. The van der Waals surface area contributed by atoms with Crippen LogP contribution in [0.15, 0.2) is 9.59 Å². The molecule has 2 aromatic heterocycles. The van der Waals surface area contributed by atoms with Crippen molar-refractivity contribution in [1.82, 2.24) is 19.1 Å². The van der Waals surface area contributed by atoms with E-state index in [1.165, 1.54) is 4.57 Å². The molecular weight excluding hydrogens is 310 g/mol. The molecule has 0 bridgehead atoms. The van der Waals surface area contributed by atoms with E-state index in [1.54, 1.807) is 4.57 Å². The summed E-state index contributed by atoms with van der Waals surface area (Å²) < 4.78 is 9.12. The summed E-state index contributed by atoms with van der Waals surface area (Å²) in [5, 5.41) is 0. The van der Waals surface area contributed by atoms with Gasteiger partial charge in [-0.1, -0.05) is 13.3 Å². The lowest BCUT2D eigenvalue weighted by Gasteiger charge is -2.14. The van der Waals surface area contributed by atoms with Crippen LogP contribution >= 0.6 is 0 Å². The van der Waals surface area contributed by atoms with Gasteiger partial charge in [-0.2, -0.15) is 4.98 Å². The molecule has 0 spiro atoms.